The van der Waals surface area contributed by atoms with E-state index in [1.807, 2.05) is 0 Å². The topological polar surface area (TPSA) is 69.7 Å². The van der Waals surface area contributed by atoms with Gasteiger partial charge in [0, 0.05) is 5.56 Å². The van der Waals surface area contributed by atoms with Gasteiger partial charge in [0.05, 0.1) is 33.2 Å². The van der Waals surface area contributed by atoms with Crippen molar-refractivity contribution in [3.63, 3.8) is 0 Å². The Morgan fingerprint density at radius 2 is 1.73 bits per heavy atom. The lowest BCUT2D eigenvalue weighted by molar-refractivity contribution is 0.102. The molecule has 0 spiro atoms. The standard InChI is InChI=1S/C15H15ClN2O4/c1-20-11-6-9(7-12(21-2)14(11)22-3)15(19)18-10-4-5-13(16)17-8-10/h4-8H,1-3H3,(H,18,19). The lowest BCUT2D eigenvalue weighted by atomic mass is 10.1. The number of anilines is 1. The predicted octanol–water partition coefficient (Wildman–Crippen LogP) is 3.01. The number of rotatable bonds is 5. The van der Waals surface area contributed by atoms with E-state index in [0.29, 0.717) is 33.7 Å². The zero-order valence-electron chi connectivity index (χ0n) is 12.3. The molecule has 0 fully saturated rings. The van der Waals surface area contributed by atoms with Crippen molar-refractivity contribution in [2.45, 2.75) is 0 Å². The van der Waals surface area contributed by atoms with Crippen LogP contribution >= 0.6 is 11.6 Å². The Morgan fingerprint density at radius 1 is 1.09 bits per heavy atom. The van der Waals surface area contributed by atoms with Gasteiger partial charge in [0.15, 0.2) is 11.5 Å². The molecule has 0 aliphatic heterocycles. The monoisotopic (exact) mass is 322 g/mol. The van der Waals surface area contributed by atoms with Crippen LogP contribution in [0.3, 0.4) is 0 Å². The number of hydrogen-bond donors (Lipinski definition) is 1. The molecule has 0 bridgehead atoms. The average Bonchev–Trinajstić information content (AvgIpc) is 2.55. The van der Waals surface area contributed by atoms with Gasteiger partial charge in [-0.15, -0.1) is 0 Å². The number of carbonyl (C=O) groups excluding carboxylic acids is 1. The molecule has 6 nitrogen and oxygen atoms in total. The van der Waals surface area contributed by atoms with Crippen LogP contribution in [0.25, 0.3) is 0 Å². The third-order valence-electron chi connectivity index (χ3n) is 2.91. The van der Waals surface area contributed by atoms with E-state index in [1.54, 1.807) is 24.3 Å². The van der Waals surface area contributed by atoms with Crippen LogP contribution in [0.4, 0.5) is 5.69 Å². The molecular formula is C15H15ClN2O4. The molecular weight excluding hydrogens is 308 g/mol. The van der Waals surface area contributed by atoms with E-state index in [2.05, 4.69) is 10.3 Å². The highest BCUT2D eigenvalue weighted by molar-refractivity contribution is 6.29. The Bertz CT molecular complexity index is 649. The van der Waals surface area contributed by atoms with Crippen LogP contribution in [0.2, 0.25) is 5.15 Å². The molecule has 0 aliphatic rings. The minimum Gasteiger partial charge on any atom is -0.493 e. The Labute approximate surface area is 133 Å². The van der Waals surface area contributed by atoms with Gasteiger partial charge in [0.25, 0.3) is 5.91 Å². The second-order valence-corrected chi connectivity index (χ2v) is 4.62. The van der Waals surface area contributed by atoms with E-state index < -0.39 is 0 Å². The van der Waals surface area contributed by atoms with Gasteiger partial charge in [0.2, 0.25) is 5.75 Å². The number of ether oxygens (including phenoxy) is 3. The summed E-state index contributed by atoms with van der Waals surface area (Å²) in [6, 6.07) is 6.39. The quantitative estimate of drug-likeness (QED) is 0.857. The number of benzene rings is 1. The summed E-state index contributed by atoms with van der Waals surface area (Å²) < 4.78 is 15.7. The molecule has 1 N–H and O–H groups in total. The van der Waals surface area contributed by atoms with Gasteiger partial charge in [0.1, 0.15) is 5.15 Å². The molecule has 2 aromatic rings. The van der Waals surface area contributed by atoms with Gasteiger partial charge in [-0.05, 0) is 24.3 Å². The Morgan fingerprint density at radius 3 is 2.18 bits per heavy atom. The first kappa shape index (κ1) is 15.9. The van der Waals surface area contributed by atoms with Gasteiger partial charge >= 0.3 is 0 Å². The van der Waals surface area contributed by atoms with Crippen molar-refractivity contribution in [1.29, 1.82) is 0 Å². The second-order valence-electron chi connectivity index (χ2n) is 4.24. The maximum Gasteiger partial charge on any atom is 0.255 e. The van der Waals surface area contributed by atoms with E-state index in [4.69, 9.17) is 25.8 Å². The lowest BCUT2D eigenvalue weighted by Crippen LogP contribution is -2.12. The number of methoxy groups -OCH3 is 3. The number of pyridine rings is 1. The summed E-state index contributed by atoms with van der Waals surface area (Å²) in [7, 11) is 4.48. The van der Waals surface area contributed by atoms with Gasteiger partial charge in [-0.3, -0.25) is 4.79 Å². The molecule has 1 heterocycles. The van der Waals surface area contributed by atoms with Gasteiger partial charge in [-0.2, -0.15) is 0 Å². The highest BCUT2D eigenvalue weighted by Crippen LogP contribution is 2.38. The Balaban J connectivity index is 2.31. The lowest BCUT2D eigenvalue weighted by Gasteiger charge is -2.14. The van der Waals surface area contributed by atoms with Gasteiger partial charge in [-0.25, -0.2) is 4.98 Å². The maximum atomic E-state index is 12.3. The molecule has 1 amide bonds. The van der Waals surface area contributed by atoms with Crippen LogP contribution in [-0.4, -0.2) is 32.2 Å². The van der Waals surface area contributed by atoms with Crippen molar-refractivity contribution >= 4 is 23.2 Å². The third-order valence-corrected chi connectivity index (χ3v) is 3.14. The number of aromatic nitrogens is 1. The fourth-order valence-corrected chi connectivity index (χ4v) is 1.98. The summed E-state index contributed by atoms with van der Waals surface area (Å²) in [5, 5.41) is 3.07. The SMILES string of the molecule is COc1cc(C(=O)Nc2ccc(Cl)nc2)cc(OC)c1OC. The summed E-state index contributed by atoms with van der Waals surface area (Å²) in [4.78, 5) is 16.2. The van der Waals surface area contributed by atoms with E-state index in [0.717, 1.165) is 0 Å². The van der Waals surface area contributed by atoms with E-state index in [-0.39, 0.29) is 5.91 Å². The minimum atomic E-state index is -0.330. The van der Waals surface area contributed by atoms with E-state index in [1.165, 1.54) is 27.5 Å². The second kappa shape index (κ2) is 7.00. The van der Waals surface area contributed by atoms with Crippen LogP contribution < -0.4 is 19.5 Å². The summed E-state index contributed by atoms with van der Waals surface area (Å²) in [6.45, 7) is 0. The Hall–Kier alpha value is -2.47. The van der Waals surface area contributed by atoms with Crippen molar-refractivity contribution in [2.24, 2.45) is 0 Å². The normalized spacial score (nSPS) is 10.0. The molecule has 2 rings (SSSR count). The molecule has 1 aromatic heterocycles. The van der Waals surface area contributed by atoms with Crippen molar-refractivity contribution in [2.75, 3.05) is 26.6 Å². The van der Waals surface area contributed by atoms with E-state index in [9.17, 15) is 4.79 Å². The molecule has 0 saturated carbocycles. The van der Waals surface area contributed by atoms with Crippen LogP contribution in [0.5, 0.6) is 17.2 Å². The fourth-order valence-electron chi connectivity index (χ4n) is 1.87. The molecule has 7 heteroatoms. The van der Waals surface area contributed by atoms with Crippen molar-refractivity contribution < 1.29 is 19.0 Å². The molecule has 0 atom stereocenters. The molecule has 1 aromatic carbocycles. The maximum absolute atomic E-state index is 12.3. The average molecular weight is 323 g/mol. The van der Waals surface area contributed by atoms with Crippen LogP contribution in [-0.2, 0) is 0 Å². The highest BCUT2D eigenvalue weighted by atomic mass is 35.5. The fraction of sp³-hybridized carbons (Fsp3) is 0.200. The predicted molar refractivity (Wildman–Crippen MR) is 83.3 cm³/mol. The first-order valence-electron chi connectivity index (χ1n) is 6.32. The zero-order valence-corrected chi connectivity index (χ0v) is 13.1. The van der Waals surface area contributed by atoms with Gasteiger partial charge < -0.3 is 19.5 Å². The minimum absolute atomic E-state index is 0.330. The largest absolute Gasteiger partial charge is 0.493 e. The van der Waals surface area contributed by atoms with Crippen LogP contribution in [0, 0.1) is 0 Å². The number of nitrogens with zero attached hydrogens (tertiary/aromatic N) is 1. The molecule has 0 radical (unpaired) electrons. The number of nitrogens with one attached hydrogen (secondary N) is 1. The molecule has 22 heavy (non-hydrogen) atoms. The summed E-state index contributed by atoms with van der Waals surface area (Å²) in [6.07, 6.45) is 1.47. The van der Waals surface area contributed by atoms with Crippen molar-refractivity contribution in [3.8, 4) is 17.2 Å². The smallest absolute Gasteiger partial charge is 0.255 e. The van der Waals surface area contributed by atoms with Crippen molar-refractivity contribution in [1.82, 2.24) is 4.98 Å². The first-order valence-corrected chi connectivity index (χ1v) is 6.69. The number of carbonyl (C=O) groups is 1. The number of hydrogen-bond acceptors (Lipinski definition) is 5. The molecule has 0 aliphatic carbocycles. The van der Waals surface area contributed by atoms with Gasteiger partial charge in [-0.1, -0.05) is 11.6 Å². The molecule has 0 saturated heterocycles. The Kier molecular flexibility index (Phi) is 5.06. The summed E-state index contributed by atoms with van der Waals surface area (Å²) in [5.74, 6) is 0.903. The van der Waals surface area contributed by atoms with Crippen molar-refractivity contribution in [3.05, 3.63) is 41.2 Å². The summed E-state index contributed by atoms with van der Waals surface area (Å²) in [5.41, 5.74) is 0.896. The third kappa shape index (κ3) is 3.40. The van der Waals surface area contributed by atoms with E-state index >= 15 is 0 Å². The number of amides is 1. The van der Waals surface area contributed by atoms with Crippen LogP contribution in [0.1, 0.15) is 10.4 Å². The summed E-state index contributed by atoms with van der Waals surface area (Å²) >= 11 is 5.71. The first-order chi connectivity index (χ1) is 10.6. The van der Waals surface area contributed by atoms with Crippen LogP contribution in [0.15, 0.2) is 30.5 Å². The number of halogens is 1. The highest BCUT2D eigenvalue weighted by Gasteiger charge is 2.17. The molecule has 0 unspecified atom stereocenters. The zero-order chi connectivity index (χ0) is 16.1. The molecule has 116 valence electrons.